The Kier molecular flexibility index (Phi) is 14.9. The number of aliphatic hydroxyl groups excluding tert-OH is 2. The smallest absolute Gasteiger partial charge is 0.550 e. The van der Waals surface area contributed by atoms with Gasteiger partial charge in [-0.3, -0.25) is 0 Å². The Morgan fingerprint density at radius 2 is 1.74 bits per heavy atom. The van der Waals surface area contributed by atoms with Gasteiger partial charge in [0.15, 0.2) is 0 Å². The summed E-state index contributed by atoms with van der Waals surface area (Å²) in [7, 11) is 3.65. The second-order valence-corrected chi connectivity index (χ2v) is 7.82. The molecule has 0 saturated heterocycles. The monoisotopic (exact) mass is 503 g/mol. The zero-order valence-electron chi connectivity index (χ0n) is 19.8. The van der Waals surface area contributed by atoms with E-state index in [0.717, 1.165) is 5.69 Å². The Morgan fingerprint density at radius 1 is 1.18 bits per heavy atom. The topological polar surface area (TPSA) is 144 Å². The molecule has 1 aromatic heterocycles. The molecule has 1 heterocycles. The van der Waals surface area contributed by atoms with E-state index in [9.17, 15) is 24.5 Å². The van der Waals surface area contributed by atoms with E-state index in [1.807, 2.05) is 27.9 Å². The summed E-state index contributed by atoms with van der Waals surface area (Å²) in [6, 6.07) is 5.94. The average molecular weight is 504 g/mol. The quantitative estimate of drug-likeness (QED) is 0.374. The van der Waals surface area contributed by atoms with E-state index in [-0.39, 0.29) is 47.7 Å². The largest absolute Gasteiger partial charge is 1.00 e. The van der Waals surface area contributed by atoms with Crippen LogP contribution in [-0.4, -0.2) is 60.9 Å². The second kappa shape index (κ2) is 15.8. The maximum absolute atomic E-state index is 13.4. The number of carbonyl (C=O) groups excluding carboxylic acids is 1. The molecule has 0 spiro atoms. The Morgan fingerprint density at radius 3 is 2.21 bits per heavy atom. The molecule has 0 bridgehead atoms. The molecule has 0 radical (unpaired) electrons. The van der Waals surface area contributed by atoms with Gasteiger partial charge in [-0.1, -0.05) is 26.0 Å². The van der Waals surface area contributed by atoms with E-state index in [1.54, 1.807) is 23.1 Å². The number of hydrogen-bond donors (Lipinski definition) is 2. The Bertz CT molecular complexity index is 999. The van der Waals surface area contributed by atoms with Gasteiger partial charge >= 0.3 is 41.1 Å². The summed E-state index contributed by atoms with van der Waals surface area (Å²) < 4.78 is 30.0. The van der Waals surface area contributed by atoms with Crippen molar-refractivity contribution in [1.29, 1.82) is 0 Å². The molecule has 0 fully saturated rings. The zero-order valence-corrected chi connectivity index (χ0v) is 22.6. The second-order valence-electron chi connectivity index (χ2n) is 7.69. The van der Waals surface area contributed by atoms with Gasteiger partial charge in [0.25, 0.3) is 0 Å². The molecule has 0 aliphatic carbocycles. The molecule has 0 unspecified atom stereocenters. The molecule has 2 atom stereocenters. The van der Waals surface area contributed by atoms with Crippen LogP contribution in [0.1, 0.15) is 43.9 Å². The maximum Gasteiger partial charge on any atom is 1.00 e. The molecule has 12 heteroatoms. The molecule has 0 saturated carbocycles. The number of aliphatic carboxylic acids is 1. The first kappa shape index (κ1) is 32.0. The number of halogens is 1. The van der Waals surface area contributed by atoms with E-state index >= 15 is 0 Å². The van der Waals surface area contributed by atoms with E-state index in [2.05, 4.69) is 9.97 Å². The Hall–Kier alpha value is -2.02. The fourth-order valence-electron chi connectivity index (χ4n) is 2.95. The molecule has 9 nitrogen and oxygen atoms in total. The summed E-state index contributed by atoms with van der Waals surface area (Å²) >= 11 is -0.750. The van der Waals surface area contributed by atoms with Gasteiger partial charge in [-0.25, -0.2) is 14.4 Å². The van der Waals surface area contributed by atoms with Gasteiger partial charge in [0.05, 0.1) is 23.6 Å². The van der Waals surface area contributed by atoms with Crippen LogP contribution in [0.25, 0.3) is 17.3 Å². The predicted molar refractivity (Wildman–Crippen MR) is 120 cm³/mol. The van der Waals surface area contributed by atoms with Crippen LogP contribution in [0.5, 0.6) is 0 Å². The van der Waals surface area contributed by atoms with Gasteiger partial charge in [-0.2, -0.15) is 8.42 Å². The molecule has 2 rings (SSSR count). The van der Waals surface area contributed by atoms with Crippen LogP contribution < -0.4 is 39.6 Å². The van der Waals surface area contributed by atoms with Gasteiger partial charge in [-0.05, 0) is 30.2 Å². The summed E-state index contributed by atoms with van der Waals surface area (Å²) in [5, 5.41) is 30.5. The van der Waals surface area contributed by atoms with Gasteiger partial charge in [0.1, 0.15) is 5.82 Å². The Balaban J connectivity index is 0.00000258. The first-order chi connectivity index (χ1) is 15.5. The molecule has 0 aliphatic heterocycles. The summed E-state index contributed by atoms with van der Waals surface area (Å²) in [6.45, 7) is 3.96. The molecule has 0 aliphatic rings. The first-order valence-electron chi connectivity index (χ1n) is 10.0. The van der Waals surface area contributed by atoms with Crippen molar-refractivity contribution in [2.24, 2.45) is 0 Å². The number of anilines is 1. The van der Waals surface area contributed by atoms with Crippen molar-refractivity contribution >= 4 is 29.6 Å². The van der Waals surface area contributed by atoms with Crippen molar-refractivity contribution in [3.8, 4) is 11.3 Å². The van der Waals surface area contributed by atoms with Crippen molar-refractivity contribution in [2.75, 3.05) is 19.0 Å². The third-order valence-corrected chi connectivity index (χ3v) is 4.43. The number of benzene rings is 1. The van der Waals surface area contributed by atoms with Crippen LogP contribution in [0.4, 0.5) is 10.3 Å². The molecule has 34 heavy (non-hydrogen) atoms. The molecule has 2 N–H and O–H groups in total. The fraction of sp³-hybridized carbons (Fsp3) is 0.409. The molecular formula is C22H27FN3NaO6S. The molecular weight excluding hydrogens is 476 g/mol. The summed E-state index contributed by atoms with van der Waals surface area (Å²) in [4.78, 5) is 21.6. The number of carboxylic acids is 1. The molecule has 180 valence electrons. The van der Waals surface area contributed by atoms with Crippen LogP contribution in [0.3, 0.4) is 0 Å². The SMILES string of the molecule is CC(C)c1nc(N(C)C)nc(-c2ccc(F)cc2)c1/C=C/[C@@H](O)C[C@@H](O)CC(=O)[O-].O=S=O.[Na+]. The average Bonchev–Trinajstić information content (AvgIpc) is 2.72. The third-order valence-electron chi connectivity index (χ3n) is 4.43. The van der Waals surface area contributed by atoms with Gasteiger partial charge in [0, 0.05) is 44.0 Å². The summed E-state index contributed by atoms with van der Waals surface area (Å²) in [5.74, 6) is -1.21. The number of aliphatic hydroxyl groups is 2. The van der Waals surface area contributed by atoms with Crippen molar-refractivity contribution < 1.29 is 62.5 Å². The minimum atomic E-state index is -1.38. The number of aromatic nitrogens is 2. The zero-order chi connectivity index (χ0) is 25.1. The van der Waals surface area contributed by atoms with Crippen molar-refractivity contribution in [3.05, 3.63) is 47.4 Å². The van der Waals surface area contributed by atoms with Gasteiger partial charge < -0.3 is 25.0 Å². The Labute approximate surface area is 223 Å². The summed E-state index contributed by atoms with van der Waals surface area (Å²) in [5.41, 5.74) is 2.67. The minimum Gasteiger partial charge on any atom is -0.550 e. The van der Waals surface area contributed by atoms with Crippen LogP contribution in [0.2, 0.25) is 0 Å². The van der Waals surface area contributed by atoms with Crippen LogP contribution in [0.15, 0.2) is 30.3 Å². The number of hydrogen-bond acceptors (Lipinski definition) is 9. The normalized spacial score (nSPS) is 12.4. The van der Waals surface area contributed by atoms with E-state index < -0.39 is 36.2 Å². The van der Waals surface area contributed by atoms with Crippen molar-refractivity contribution in [3.63, 3.8) is 0 Å². The molecule has 2 aromatic rings. The summed E-state index contributed by atoms with van der Waals surface area (Å²) in [6.07, 6.45) is 0.125. The van der Waals surface area contributed by atoms with E-state index in [1.165, 1.54) is 18.2 Å². The van der Waals surface area contributed by atoms with Crippen LogP contribution >= 0.6 is 0 Å². The molecule has 1 aromatic carbocycles. The van der Waals surface area contributed by atoms with Crippen molar-refractivity contribution in [1.82, 2.24) is 9.97 Å². The standard InChI is InChI=1S/C22H28FN3O4.Na.O2S/c1-13(2)20-18(10-9-16(27)11-17(28)12-19(29)30)21(25-22(24-20)26(3)4)14-5-7-15(23)8-6-14;;1-3-2/h5-10,13,16-17,27-28H,11-12H2,1-4H3,(H,29,30);;/q;+1;/p-1/b10-9+;;/t16-,17-;;/m1../s1. The number of carboxylic acid groups (broad SMARTS) is 1. The minimum absolute atomic E-state index is 0. The van der Waals surface area contributed by atoms with Gasteiger partial charge in [0.2, 0.25) is 5.95 Å². The van der Waals surface area contributed by atoms with E-state index in [4.69, 9.17) is 8.42 Å². The van der Waals surface area contributed by atoms with Crippen LogP contribution in [-0.2, 0) is 16.4 Å². The van der Waals surface area contributed by atoms with Crippen LogP contribution in [0, 0.1) is 5.82 Å². The van der Waals surface area contributed by atoms with Crippen molar-refractivity contribution in [2.45, 2.75) is 44.8 Å². The number of rotatable bonds is 9. The number of carbonyl (C=O) groups is 1. The third kappa shape index (κ3) is 10.5. The maximum atomic E-state index is 13.4. The predicted octanol–water partition coefficient (Wildman–Crippen LogP) is -1.93. The number of nitrogens with zero attached hydrogens (tertiary/aromatic N) is 3. The first-order valence-corrected chi connectivity index (χ1v) is 10.7. The molecule has 0 amide bonds. The van der Waals surface area contributed by atoms with Gasteiger partial charge in [-0.15, -0.1) is 0 Å². The van der Waals surface area contributed by atoms with E-state index in [0.29, 0.717) is 22.8 Å². The fourth-order valence-corrected chi connectivity index (χ4v) is 2.95.